The molecule has 0 fully saturated rings. The molecule has 0 unspecified atom stereocenters. The predicted octanol–water partition coefficient (Wildman–Crippen LogP) is 4.65. The van der Waals surface area contributed by atoms with E-state index in [-0.39, 0.29) is 11.9 Å². The van der Waals surface area contributed by atoms with Crippen LogP contribution in [0.3, 0.4) is 0 Å². The first-order valence-electron chi connectivity index (χ1n) is 8.53. The van der Waals surface area contributed by atoms with Crippen LogP contribution in [0.5, 0.6) is 0 Å². The molecule has 1 heterocycles. The molecular formula is C21H17BrN2O4. The lowest BCUT2D eigenvalue weighted by Gasteiger charge is -2.02. The number of carbonyl (C=O) groups excluding carboxylic acids is 2. The number of hydrogen-bond acceptors (Lipinski definition) is 5. The minimum atomic E-state index is -0.358. The summed E-state index contributed by atoms with van der Waals surface area (Å²) in [5.74, 6) is 0.435. The van der Waals surface area contributed by atoms with Gasteiger partial charge in [-0.2, -0.15) is 5.10 Å². The molecule has 3 rings (SSSR count). The molecular weight excluding hydrogens is 424 g/mol. The van der Waals surface area contributed by atoms with Crippen molar-refractivity contribution < 1.29 is 18.7 Å². The Kier molecular flexibility index (Phi) is 6.39. The fraction of sp³-hybridized carbons (Fsp3) is 0.0952. The second-order valence-corrected chi connectivity index (χ2v) is 6.62. The van der Waals surface area contributed by atoms with Crippen molar-refractivity contribution in [2.75, 3.05) is 6.61 Å². The van der Waals surface area contributed by atoms with Crippen molar-refractivity contribution in [3.8, 4) is 11.3 Å². The standard InChI is InChI=1S/C21H17BrN2O4/c1-2-27-21(26)16-5-3-14(4-6-16)19-12-11-18(28-19)13-23-24-20(25)15-7-9-17(22)10-8-15/h3-13H,2H2,1H3,(H,24,25)/b23-13-. The van der Waals surface area contributed by atoms with Crippen molar-refractivity contribution in [3.63, 3.8) is 0 Å². The van der Waals surface area contributed by atoms with Gasteiger partial charge in [-0.15, -0.1) is 0 Å². The first kappa shape index (κ1) is 19.6. The van der Waals surface area contributed by atoms with E-state index in [1.165, 1.54) is 6.21 Å². The van der Waals surface area contributed by atoms with Gasteiger partial charge in [0.25, 0.3) is 5.91 Å². The van der Waals surface area contributed by atoms with E-state index in [0.717, 1.165) is 10.0 Å². The smallest absolute Gasteiger partial charge is 0.338 e. The van der Waals surface area contributed by atoms with Crippen molar-refractivity contribution in [3.05, 3.63) is 82.0 Å². The normalized spacial score (nSPS) is 10.8. The van der Waals surface area contributed by atoms with Crippen LogP contribution in [0, 0.1) is 0 Å². The Morgan fingerprint density at radius 3 is 2.39 bits per heavy atom. The molecule has 0 aliphatic heterocycles. The average molecular weight is 441 g/mol. The van der Waals surface area contributed by atoms with Crippen molar-refractivity contribution in [1.82, 2.24) is 5.43 Å². The summed E-state index contributed by atoms with van der Waals surface area (Å²) in [6.45, 7) is 2.10. The topological polar surface area (TPSA) is 80.9 Å². The third kappa shape index (κ3) is 4.95. The van der Waals surface area contributed by atoms with Crippen LogP contribution >= 0.6 is 15.9 Å². The van der Waals surface area contributed by atoms with Crippen LogP contribution in [0.25, 0.3) is 11.3 Å². The van der Waals surface area contributed by atoms with Gasteiger partial charge in [-0.05, 0) is 55.5 Å². The molecule has 6 nitrogen and oxygen atoms in total. The molecule has 0 radical (unpaired) electrons. The Labute approximate surface area is 170 Å². The molecule has 0 saturated heterocycles. The largest absolute Gasteiger partial charge is 0.462 e. The van der Waals surface area contributed by atoms with Gasteiger partial charge < -0.3 is 9.15 Å². The second kappa shape index (κ2) is 9.14. The van der Waals surface area contributed by atoms with Crippen LogP contribution in [-0.4, -0.2) is 24.7 Å². The minimum Gasteiger partial charge on any atom is -0.462 e. The maximum absolute atomic E-state index is 12.0. The quantitative estimate of drug-likeness (QED) is 0.343. The SMILES string of the molecule is CCOC(=O)c1ccc(-c2ccc(/C=N\NC(=O)c3ccc(Br)cc3)o2)cc1. The zero-order valence-corrected chi connectivity index (χ0v) is 16.6. The zero-order valence-electron chi connectivity index (χ0n) is 15.0. The number of halogens is 1. The minimum absolute atomic E-state index is 0.315. The van der Waals surface area contributed by atoms with E-state index in [0.29, 0.717) is 29.3 Å². The van der Waals surface area contributed by atoms with E-state index in [1.54, 1.807) is 67.6 Å². The number of carbonyl (C=O) groups is 2. The van der Waals surface area contributed by atoms with Gasteiger partial charge in [-0.1, -0.05) is 28.1 Å². The molecule has 1 amide bonds. The first-order chi connectivity index (χ1) is 13.6. The number of benzene rings is 2. The summed E-state index contributed by atoms with van der Waals surface area (Å²) in [6.07, 6.45) is 1.42. The van der Waals surface area contributed by atoms with Gasteiger partial charge in [0, 0.05) is 15.6 Å². The number of furan rings is 1. The first-order valence-corrected chi connectivity index (χ1v) is 9.32. The van der Waals surface area contributed by atoms with Gasteiger partial charge in [-0.3, -0.25) is 4.79 Å². The lowest BCUT2D eigenvalue weighted by molar-refractivity contribution is 0.0526. The highest BCUT2D eigenvalue weighted by Gasteiger charge is 2.08. The van der Waals surface area contributed by atoms with Crippen molar-refractivity contribution in [2.45, 2.75) is 6.92 Å². The maximum atomic E-state index is 12.0. The Bertz CT molecular complexity index is 992. The summed E-state index contributed by atoms with van der Waals surface area (Å²) in [6, 6.07) is 17.4. The lowest BCUT2D eigenvalue weighted by Crippen LogP contribution is -2.17. The van der Waals surface area contributed by atoms with E-state index in [1.807, 2.05) is 0 Å². The van der Waals surface area contributed by atoms with Gasteiger partial charge >= 0.3 is 5.97 Å². The maximum Gasteiger partial charge on any atom is 0.338 e. The van der Waals surface area contributed by atoms with E-state index >= 15 is 0 Å². The highest BCUT2D eigenvalue weighted by molar-refractivity contribution is 9.10. The molecule has 7 heteroatoms. The number of hydrazone groups is 1. The molecule has 3 aromatic rings. The fourth-order valence-corrected chi connectivity index (χ4v) is 2.65. The summed E-state index contributed by atoms with van der Waals surface area (Å²) in [7, 11) is 0. The number of hydrogen-bond donors (Lipinski definition) is 1. The highest BCUT2D eigenvalue weighted by atomic mass is 79.9. The van der Waals surface area contributed by atoms with Crippen LogP contribution < -0.4 is 5.43 Å². The Hall–Kier alpha value is -3.19. The second-order valence-electron chi connectivity index (χ2n) is 5.71. The molecule has 0 bridgehead atoms. The van der Waals surface area contributed by atoms with Crippen LogP contribution in [0.15, 0.2) is 74.7 Å². The van der Waals surface area contributed by atoms with E-state index in [4.69, 9.17) is 9.15 Å². The summed E-state index contributed by atoms with van der Waals surface area (Å²) in [5, 5.41) is 3.91. The van der Waals surface area contributed by atoms with E-state index in [9.17, 15) is 9.59 Å². The number of nitrogens with zero attached hydrogens (tertiary/aromatic N) is 1. The van der Waals surface area contributed by atoms with E-state index < -0.39 is 0 Å². The molecule has 0 aliphatic rings. The van der Waals surface area contributed by atoms with Crippen LogP contribution in [-0.2, 0) is 4.74 Å². The molecule has 28 heavy (non-hydrogen) atoms. The van der Waals surface area contributed by atoms with Gasteiger partial charge in [0.2, 0.25) is 0 Å². The molecule has 0 aliphatic carbocycles. The number of amides is 1. The van der Waals surface area contributed by atoms with Crippen LogP contribution in [0.1, 0.15) is 33.4 Å². The summed E-state index contributed by atoms with van der Waals surface area (Å²) >= 11 is 3.32. The number of nitrogens with one attached hydrogen (secondary N) is 1. The summed E-state index contributed by atoms with van der Waals surface area (Å²) in [4.78, 5) is 23.7. The molecule has 0 saturated carbocycles. The third-order valence-corrected chi connectivity index (χ3v) is 4.30. The van der Waals surface area contributed by atoms with Gasteiger partial charge in [0.15, 0.2) is 0 Å². The van der Waals surface area contributed by atoms with Crippen molar-refractivity contribution >= 4 is 34.0 Å². The highest BCUT2D eigenvalue weighted by Crippen LogP contribution is 2.22. The summed E-state index contributed by atoms with van der Waals surface area (Å²) in [5.41, 5.74) is 4.25. The molecule has 0 spiro atoms. The van der Waals surface area contributed by atoms with Crippen LogP contribution in [0.2, 0.25) is 0 Å². The van der Waals surface area contributed by atoms with Gasteiger partial charge in [-0.25, -0.2) is 10.2 Å². The Morgan fingerprint density at radius 1 is 1.04 bits per heavy atom. The zero-order chi connectivity index (χ0) is 19.9. The van der Waals surface area contributed by atoms with Crippen molar-refractivity contribution in [1.29, 1.82) is 0 Å². The third-order valence-electron chi connectivity index (χ3n) is 3.77. The molecule has 1 aromatic heterocycles. The molecule has 1 N–H and O–H groups in total. The number of rotatable bonds is 6. The predicted molar refractivity (Wildman–Crippen MR) is 109 cm³/mol. The van der Waals surface area contributed by atoms with E-state index in [2.05, 4.69) is 26.5 Å². The Balaban J connectivity index is 1.62. The molecule has 2 aromatic carbocycles. The molecule has 142 valence electrons. The van der Waals surface area contributed by atoms with Crippen molar-refractivity contribution in [2.24, 2.45) is 5.10 Å². The number of ether oxygens (including phenoxy) is 1. The van der Waals surface area contributed by atoms with Crippen LogP contribution in [0.4, 0.5) is 0 Å². The molecule has 0 atom stereocenters. The Morgan fingerprint density at radius 2 is 1.71 bits per heavy atom. The average Bonchev–Trinajstić information content (AvgIpc) is 3.17. The summed E-state index contributed by atoms with van der Waals surface area (Å²) < 4.78 is 11.6. The van der Waals surface area contributed by atoms with Gasteiger partial charge in [0.05, 0.1) is 18.4 Å². The fourth-order valence-electron chi connectivity index (χ4n) is 2.38. The number of esters is 1. The monoisotopic (exact) mass is 440 g/mol. The lowest BCUT2D eigenvalue weighted by atomic mass is 10.1. The van der Waals surface area contributed by atoms with Gasteiger partial charge in [0.1, 0.15) is 11.5 Å².